The highest BCUT2D eigenvalue weighted by Gasteiger charge is 2.30. The van der Waals surface area contributed by atoms with Crippen LogP contribution in [0, 0.1) is 0 Å². The molecule has 0 radical (unpaired) electrons. The van der Waals surface area contributed by atoms with Crippen molar-refractivity contribution in [3.63, 3.8) is 0 Å². The van der Waals surface area contributed by atoms with Crippen molar-refractivity contribution in [2.24, 2.45) is 0 Å². The van der Waals surface area contributed by atoms with E-state index in [9.17, 15) is 14.7 Å². The van der Waals surface area contributed by atoms with Gasteiger partial charge in [0.2, 0.25) is 0 Å². The van der Waals surface area contributed by atoms with Gasteiger partial charge >= 0.3 is 12.1 Å². The van der Waals surface area contributed by atoms with Gasteiger partial charge in [0.25, 0.3) is 0 Å². The van der Waals surface area contributed by atoms with Crippen LogP contribution in [0.25, 0.3) is 0 Å². The van der Waals surface area contributed by atoms with Crippen LogP contribution >= 0.6 is 23.2 Å². The number of carbonyl (C=O) groups is 2. The Hall–Kier alpha value is -2.24. The van der Waals surface area contributed by atoms with E-state index in [1.165, 1.54) is 25.2 Å². The number of carbonyl (C=O) groups excluding carboxylic acids is 1. The third-order valence-corrected chi connectivity index (χ3v) is 3.75. The number of halogens is 2. The molecule has 1 amide bonds. The Kier molecular flexibility index (Phi) is 6.06. The van der Waals surface area contributed by atoms with Crippen molar-refractivity contribution >= 4 is 35.3 Å². The highest BCUT2D eigenvalue weighted by atomic mass is 35.5. The first-order valence-electron chi connectivity index (χ1n) is 7.01. The zero-order valence-corrected chi connectivity index (χ0v) is 14.3. The number of likely N-dealkylation sites (N-methyl/N-ethyl adjacent to an activating group) is 1. The van der Waals surface area contributed by atoms with E-state index in [2.05, 4.69) is 0 Å². The molecule has 1 atom stereocenters. The molecule has 0 saturated carbocycles. The molecule has 2 rings (SSSR count). The van der Waals surface area contributed by atoms with Gasteiger partial charge < -0.3 is 9.84 Å². The fraction of sp³-hybridized carbons (Fsp3) is 0.176. The van der Waals surface area contributed by atoms with Crippen LogP contribution in [0.4, 0.5) is 4.79 Å². The number of ether oxygens (including phenoxy) is 1. The third-order valence-electron chi connectivity index (χ3n) is 3.31. The summed E-state index contributed by atoms with van der Waals surface area (Å²) in [4.78, 5) is 24.8. The van der Waals surface area contributed by atoms with Crippen LogP contribution in [0.15, 0.2) is 48.5 Å². The molecule has 0 fully saturated rings. The third kappa shape index (κ3) is 4.63. The van der Waals surface area contributed by atoms with Gasteiger partial charge in [-0.15, -0.1) is 0 Å². The minimum atomic E-state index is -1.26. The van der Waals surface area contributed by atoms with E-state index in [-0.39, 0.29) is 16.7 Å². The van der Waals surface area contributed by atoms with Crippen molar-refractivity contribution in [1.82, 2.24) is 4.90 Å². The first-order chi connectivity index (χ1) is 11.4. The Morgan fingerprint density at radius 2 is 1.71 bits per heavy atom. The normalized spacial score (nSPS) is 11.6. The monoisotopic (exact) mass is 367 g/mol. The number of carboxylic acids is 1. The quantitative estimate of drug-likeness (QED) is 0.850. The van der Waals surface area contributed by atoms with E-state index in [1.54, 1.807) is 12.1 Å². The van der Waals surface area contributed by atoms with E-state index >= 15 is 0 Å². The van der Waals surface area contributed by atoms with Crippen molar-refractivity contribution in [3.05, 3.63) is 69.7 Å². The zero-order chi connectivity index (χ0) is 17.7. The van der Waals surface area contributed by atoms with Crippen molar-refractivity contribution in [3.8, 4) is 0 Å². The second-order valence-corrected chi connectivity index (χ2v) is 5.97. The van der Waals surface area contributed by atoms with Gasteiger partial charge in [-0.05, 0) is 29.3 Å². The van der Waals surface area contributed by atoms with Crippen LogP contribution in [-0.4, -0.2) is 29.1 Å². The van der Waals surface area contributed by atoms with Gasteiger partial charge in [-0.2, -0.15) is 0 Å². The first kappa shape index (κ1) is 18.1. The number of hydrogen-bond donors (Lipinski definition) is 1. The van der Waals surface area contributed by atoms with Crippen LogP contribution < -0.4 is 0 Å². The Bertz CT molecular complexity index is 716. The predicted molar refractivity (Wildman–Crippen MR) is 91.2 cm³/mol. The van der Waals surface area contributed by atoms with Crippen LogP contribution in [0.5, 0.6) is 0 Å². The van der Waals surface area contributed by atoms with Crippen LogP contribution in [-0.2, 0) is 16.1 Å². The summed E-state index contributed by atoms with van der Waals surface area (Å²) in [5.41, 5.74) is 1.09. The molecule has 24 heavy (non-hydrogen) atoms. The van der Waals surface area contributed by atoms with E-state index in [4.69, 9.17) is 27.9 Å². The number of nitrogens with zero attached hydrogens (tertiary/aromatic N) is 1. The lowest BCUT2D eigenvalue weighted by molar-refractivity contribution is -0.142. The van der Waals surface area contributed by atoms with Gasteiger partial charge in [-0.1, -0.05) is 53.5 Å². The summed E-state index contributed by atoms with van der Waals surface area (Å²) in [6.07, 6.45) is -0.762. The van der Waals surface area contributed by atoms with Crippen LogP contribution in [0.3, 0.4) is 0 Å². The lowest BCUT2D eigenvalue weighted by atomic mass is 10.1. The zero-order valence-electron chi connectivity index (χ0n) is 12.8. The standard InChI is InChI=1S/C17H15Cl2NO4/c1-20(17(23)24-10-11-5-3-2-4-6-11)15(16(21)22)12-7-13(18)9-14(19)8-12/h2-9,15H,10H2,1H3,(H,21,22). The molecule has 0 heterocycles. The lowest BCUT2D eigenvalue weighted by Crippen LogP contribution is -2.36. The number of carboxylic acid groups (broad SMARTS) is 1. The Morgan fingerprint density at radius 3 is 2.25 bits per heavy atom. The smallest absolute Gasteiger partial charge is 0.410 e. The summed E-state index contributed by atoms with van der Waals surface area (Å²) in [5.74, 6) is -1.22. The number of rotatable bonds is 5. The van der Waals surface area contributed by atoms with Crippen molar-refractivity contribution < 1.29 is 19.4 Å². The Labute approximate surface area is 149 Å². The SMILES string of the molecule is CN(C(=O)OCc1ccccc1)C(C(=O)O)c1cc(Cl)cc(Cl)c1. The molecule has 0 aliphatic carbocycles. The fourth-order valence-corrected chi connectivity index (χ4v) is 2.73. The number of amides is 1. The molecular formula is C17H15Cl2NO4. The average molecular weight is 368 g/mol. The summed E-state index contributed by atoms with van der Waals surface area (Å²) in [6.45, 7) is 0.0483. The van der Waals surface area contributed by atoms with Gasteiger partial charge in [0.1, 0.15) is 6.61 Å². The van der Waals surface area contributed by atoms with Gasteiger partial charge in [0.15, 0.2) is 6.04 Å². The average Bonchev–Trinajstić information content (AvgIpc) is 2.52. The molecule has 0 bridgehead atoms. The molecule has 5 nitrogen and oxygen atoms in total. The molecule has 2 aromatic carbocycles. The van der Waals surface area contributed by atoms with Gasteiger partial charge in [-0.3, -0.25) is 4.90 Å². The van der Waals surface area contributed by atoms with E-state index in [1.807, 2.05) is 18.2 Å². The summed E-state index contributed by atoms with van der Waals surface area (Å²) in [6, 6.07) is 12.2. The molecule has 0 aliphatic heterocycles. The molecule has 0 aliphatic rings. The van der Waals surface area contributed by atoms with E-state index < -0.39 is 18.1 Å². The molecule has 0 aromatic heterocycles. The van der Waals surface area contributed by atoms with Crippen molar-refractivity contribution in [1.29, 1.82) is 0 Å². The molecule has 0 spiro atoms. The fourth-order valence-electron chi connectivity index (χ4n) is 2.19. The van der Waals surface area contributed by atoms with Crippen LogP contribution in [0.1, 0.15) is 17.2 Å². The van der Waals surface area contributed by atoms with Crippen LogP contribution in [0.2, 0.25) is 10.0 Å². The van der Waals surface area contributed by atoms with E-state index in [0.717, 1.165) is 10.5 Å². The molecule has 126 valence electrons. The second kappa shape index (κ2) is 8.04. The summed E-state index contributed by atoms with van der Waals surface area (Å²) >= 11 is 11.8. The van der Waals surface area contributed by atoms with Crippen molar-refractivity contribution in [2.45, 2.75) is 12.6 Å². The predicted octanol–water partition coefficient (Wildman–Crippen LogP) is 4.39. The number of benzene rings is 2. The number of hydrogen-bond acceptors (Lipinski definition) is 3. The topological polar surface area (TPSA) is 66.8 Å². The molecule has 1 N–H and O–H groups in total. The largest absolute Gasteiger partial charge is 0.479 e. The van der Waals surface area contributed by atoms with Crippen molar-refractivity contribution in [2.75, 3.05) is 7.05 Å². The molecule has 1 unspecified atom stereocenters. The first-order valence-corrected chi connectivity index (χ1v) is 7.76. The van der Waals surface area contributed by atoms with E-state index in [0.29, 0.717) is 5.56 Å². The van der Waals surface area contributed by atoms with Gasteiger partial charge in [-0.25, -0.2) is 9.59 Å². The Balaban J connectivity index is 2.15. The second-order valence-electron chi connectivity index (χ2n) is 5.09. The maximum absolute atomic E-state index is 12.2. The minimum Gasteiger partial charge on any atom is -0.479 e. The maximum Gasteiger partial charge on any atom is 0.410 e. The lowest BCUT2D eigenvalue weighted by Gasteiger charge is -2.24. The number of aliphatic carboxylic acids is 1. The minimum absolute atomic E-state index is 0.0483. The molecular weight excluding hydrogens is 353 g/mol. The molecule has 0 saturated heterocycles. The highest BCUT2D eigenvalue weighted by molar-refractivity contribution is 6.34. The van der Waals surface area contributed by atoms with Gasteiger partial charge in [0.05, 0.1) is 0 Å². The highest BCUT2D eigenvalue weighted by Crippen LogP contribution is 2.27. The van der Waals surface area contributed by atoms with Gasteiger partial charge in [0, 0.05) is 17.1 Å². The molecule has 2 aromatic rings. The molecule has 7 heteroatoms. The summed E-state index contributed by atoms with van der Waals surface area (Å²) in [5, 5.41) is 10.1. The summed E-state index contributed by atoms with van der Waals surface area (Å²) < 4.78 is 5.16. The maximum atomic E-state index is 12.2. The summed E-state index contributed by atoms with van der Waals surface area (Å²) in [7, 11) is 1.35. The Morgan fingerprint density at radius 1 is 1.12 bits per heavy atom.